The van der Waals surface area contributed by atoms with Crippen molar-refractivity contribution in [1.82, 2.24) is 9.97 Å². The molecular weight excluding hydrogens is 250 g/mol. The van der Waals surface area contributed by atoms with Gasteiger partial charge in [-0.25, -0.2) is 9.97 Å². The van der Waals surface area contributed by atoms with E-state index in [-0.39, 0.29) is 0 Å². The molecule has 1 aromatic heterocycles. The molecule has 0 saturated heterocycles. The second-order valence-electron chi connectivity index (χ2n) is 5.36. The highest BCUT2D eigenvalue weighted by atomic mass is 16.5. The van der Waals surface area contributed by atoms with E-state index in [4.69, 9.17) is 14.7 Å². The van der Waals surface area contributed by atoms with Crippen LogP contribution in [-0.4, -0.2) is 23.6 Å². The third kappa shape index (κ3) is 1.72. The molecule has 2 aromatic rings. The van der Waals surface area contributed by atoms with E-state index in [2.05, 4.69) is 29.6 Å². The molecule has 0 saturated carbocycles. The van der Waals surface area contributed by atoms with Crippen LogP contribution in [0.3, 0.4) is 0 Å². The van der Waals surface area contributed by atoms with Crippen molar-refractivity contribution in [2.75, 3.05) is 19.0 Å². The fourth-order valence-electron chi connectivity index (χ4n) is 3.10. The first-order chi connectivity index (χ1) is 9.86. The first-order valence-electron chi connectivity index (χ1n) is 7.10. The van der Waals surface area contributed by atoms with Crippen molar-refractivity contribution in [3.8, 4) is 0 Å². The van der Waals surface area contributed by atoms with Gasteiger partial charge < -0.3 is 10.1 Å². The van der Waals surface area contributed by atoms with Crippen LogP contribution in [0.25, 0.3) is 0 Å². The average Bonchev–Trinajstić information content (AvgIpc) is 2.47. The molecule has 2 aliphatic rings. The zero-order valence-electron chi connectivity index (χ0n) is 11.5. The van der Waals surface area contributed by atoms with Crippen LogP contribution in [0.15, 0.2) is 24.3 Å². The van der Waals surface area contributed by atoms with Crippen molar-refractivity contribution < 1.29 is 4.74 Å². The number of nitrogens with zero attached hydrogens (tertiary/aromatic N) is 2. The smallest absolute Gasteiger partial charge is 0.138 e. The number of benzene rings is 1. The number of nitrogens with one attached hydrogen (secondary N) is 1. The molecule has 0 radical (unpaired) electrons. The molecule has 4 heteroatoms. The minimum absolute atomic E-state index is 0.353. The minimum Gasteiger partial charge on any atom is -0.376 e. The number of rotatable bonds is 2. The number of fused-ring (bicyclic) bond motifs is 2. The second kappa shape index (κ2) is 4.56. The molecule has 102 valence electrons. The SMILES string of the molecule is CNc1nc(C2Cc3ccccc32)nc2c1COCC2. The second-order valence-corrected chi connectivity index (χ2v) is 5.36. The number of hydrogen-bond acceptors (Lipinski definition) is 4. The summed E-state index contributed by atoms with van der Waals surface area (Å²) < 4.78 is 5.52. The molecule has 1 atom stereocenters. The zero-order chi connectivity index (χ0) is 13.5. The molecule has 1 unspecified atom stereocenters. The van der Waals surface area contributed by atoms with Gasteiger partial charge in [0.05, 0.1) is 18.9 Å². The highest BCUT2D eigenvalue weighted by molar-refractivity contribution is 5.50. The highest BCUT2D eigenvalue weighted by Crippen LogP contribution is 2.39. The number of anilines is 1. The molecule has 0 spiro atoms. The van der Waals surface area contributed by atoms with E-state index in [1.165, 1.54) is 11.1 Å². The monoisotopic (exact) mass is 267 g/mol. The predicted octanol–water partition coefficient (Wildman–Crippen LogP) is 2.28. The number of hydrogen-bond donors (Lipinski definition) is 1. The van der Waals surface area contributed by atoms with Crippen LogP contribution in [0.1, 0.15) is 34.1 Å². The minimum atomic E-state index is 0.353. The zero-order valence-corrected chi connectivity index (χ0v) is 11.5. The molecule has 1 N–H and O–H groups in total. The van der Waals surface area contributed by atoms with E-state index in [1.807, 2.05) is 7.05 Å². The Hall–Kier alpha value is -1.94. The fourth-order valence-corrected chi connectivity index (χ4v) is 3.10. The van der Waals surface area contributed by atoms with Gasteiger partial charge in [-0.2, -0.15) is 0 Å². The maximum atomic E-state index is 5.52. The Morgan fingerprint density at radius 1 is 1.25 bits per heavy atom. The Morgan fingerprint density at radius 2 is 2.15 bits per heavy atom. The Labute approximate surface area is 118 Å². The lowest BCUT2D eigenvalue weighted by Crippen LogP contribution is -2.24. The number of aromatic nitrogens is 2. The summed E-state index contributed by atoms with van der Waals surface area (Å²) in [5, 5.41) is 3.19. The van der Waals surface area contributed by atoms with Crippen LogP contribution in [0, 0.1) is 0 Å². The Morgan fingerprint density at radius 3 is 3.00 bits per heavy atom. The van der Waals surface area contributed by atoms with Gasteiger partial charge in [-0.05, 0) is 17.5 Å². The maximum Gasteiger partial charge on any atom is 0.138 e. The Balaban J connectivity index is 1.77. The van der Waals surface area contributed by atoms with Crippen LogP contribution in [0.4, 0.5) is 5.82 Å². The largest absolute Gasteiger partial charge is 0.376 e. The van der Waals surface area contributed by atoms with E-state index >= 15 is 0 Å². The molecule has 0 bridgehead atoms. The lowest BCUT2D eigenvalue weighted by molar-refractivity contribution is 0.109. The van der Waals surface area contributed by atoms with Gasteiger partial charge in [0.1, 0.15) is 11.6 Å². The van der Waals surface area contributed by atoms with E-state index in [9.17, 15) is 0 Å². The summed E-state index contributed by atoms with van der Waals surface area (Å²) in [7, 11) is 1.91. The van der Waals surface area contributed by atoms with Crippen LogP contribution in [-0.2, 0) is 24.2 Å². The summed E-state index contributed by atoms with van der Waals surface area (Å²) in [6.45, 7) is 1.38. The van der Waals surface area contributed by atoms with Crippen LogP contribution in [0.2, 0.25) is 0 Å². The number of ether oxygens (including phenoxy) is 1. The van der Waals surface area contributed by atoms with E-state index in [0.29, 0.717) is 12.5 Å². The van der Waals surface area contributed by atoms with Gasteiger partial charge in [-0.15, -0.1) is 0 Å². The molecule has 1 aliphatic carbocycles. The molecule has 4 nitrogen and oxygen atoms in total. The first-order valence-corrected chi connectivity index (χ1v) is 7.10. The standard InChI is InChI=1S/C16H17N3O/c1-17-15-13-9-20-7-6-14(13)18-16(19-15)12-8-10-4-2-3-5-11(10)12/h2-5,12H,6-9H2,1H3,(H,17,18,19). The molecule has 2 heterocycles. The van der Waals surface area contributed by atoms with Crippen molar-refractivity contribution in [2.45, 2.75) is 25.4 Å². The summed E-state index contributed by atoms with van der Waals surface area (Å²) in [6.07, 6.45) is 1.93. The fraction of sp³-hybridized carbons (Fsp3) is 0.375. The average molecular weight is 267 g/mol. The summed E-state index contributed by atoms with van der Waals surface area (Å²) in [5.41, 5.74) is 5.07. The predicted molar refractivity (Wildman–Crippen MR) is 76.9 cm³/mol. The van der Waals surface area contributed by atoms with Gasteiger partial charge in [-0.1, -0.05) is 24.3 Å². The summed E-state index contributed by atoms with van der Waals surface area (Å²) in [6, 6.07) is 8.57. The van der Waals surface area contributed by atoms with Gasteiger partial charge >= 0.3 is 0 Å². The Kier molecular flexibility index (Phi) is 2.70. The third-order valence-electron chi connectivity index (χ3n) is 4.24. The Bertz CT molecular complexity index is 652. The molecule has 0 amide bonds. The summed E-state index contributed by atoms with van der Waals surface area (Å²) in [4.78, 5) is 9.53. The topological polar surface area (TPSA) is 47.0 Å². The molecule has 20 heavy (non-hydrogen) atoms. The van der Waals surface area contributed by atoms with Gasteiger partial charge in [-0.3, -0.25) is 0 Å². The van der Waals surface area contributed by atoms with Crippen molar-refractivity contribution in [3.05, 3.63) is 52.5 Å². The van der Waals surface area contributed by atoms with Crippen molar-refractivity contribution in [1.29, 1.82) is 0 Å². The van der Waals surface area contributed by atoms with Gasteiger partial charge in [0.15, 0.2) is 0 Å². The molecule has 0 fully saturated rings. The van der Waals surface area contributed by atoms with Crippen LogP contribution >= 0.6 is 0 Å². The summed E-state index contributed by atoms with van der Waals surface area (Å²) in [5.74, 6) is 2.23. The molecule has 4 rings (SSSR count). The maximum absolute atomic E-state index is 5.52. The van der Waals surface area contributed by atoms with Gasteiger partial charge in [0.2, 0.25) is 0 Å². The summed E-state index contributed by atoms with van der Waals surface area (Å²) >= 11 is 0. The highest BCUT2D eigenvalue weighted by Gasteiger charge is 2.31. The lowest BCUT2D eigenvalue weighted by Gasteiger charge is -2.30. The normalized spacial score (nSPS) is 19.8. The van der Waals surface area contributed by atoms with E-state index < -0.39 is 0 Å². The van der Waals surface area contributed by atoms with E-state index in [1.54, 1.807) is 0 Å². The lowest BCUT2D eigenvalue weighted by atomic mass is 9.77. The van der Waals surface area contributed by atoms with Crippen LogP contribution < -0.4 is 5.32 Å². The van der Waals surface area contributed by atoms with E-state index in [0.717, 1.165) is 42.3 Å². The van der Waals surface area contributed by atoms with Gasteiger partial charge in [0.25, 0.3) is 0 Å². The molecular formula is C16H17N3O. The van der Waals surface area contributed by atoms with Crippen molar-refractivity contribution in [3.63, 3.8) is 0 Å². The molecule has 1 aliphatic heterocycles. The quantitative estimate of drug-likeness (QED) is 0.907. The first kappa shape index (κ1) is 11.9. The van der Waals surface area contributed by atoms with Gasteiger partial charge in [0, 0.05) is 24.9 Å². The van der Waals surface area contributed by atoms with Crippen molar-refractivity contribution in [2.24, 2.45) is 0 Å². The third-order valence-corrected chi connectivity index (χ3v) is 4.24. The molecule has 1 aromatic carbocycles. The van der Waals surface area contributed by atoms with Crippen molar-refractivity contribution >= 4 is 5.82 Å². The van der Waals surface area contributed by atoms with Crippen LogP contribution in [0.5, 0.6) is 0 Å².